The van der Waals surface area contributed by atoms with Crippen LogP contribution >= 0.6 is 0 Å². The lowest BCUT2D eigenvalue weighted by atomic mass is 9.83. The zero-order valence-electron chi connectivity index (χ0n) is 32.7. The zero-order chi connectivity index (χ0) is 39.3. The molecule has 3 amide bonds. The number of piperidine rings is 2. The van der Waals surface area contributed by atoms with E-state index in [2.05, 4.69) is 52.0 Å². The highest BCUT2D eigenvalue weighted by atomic mass is 19.1. The quantitative estimate of drug-likeness (QED) is 0.186. The van der Waals surface area contributed by atoms with E-state index in [0.29, 0.717) is 35.5 Å². The van der Waals surface area contributed by atoms with Gasteiger partial charge < -0.3 is 25.8 Å². The van der Waals surface area contributed by atoms with Crippen LogP contribution in [0.3, 0.4) is 0 Å². The van der Waals surface area contributed by atoms with E-state index >= 15 is 4.39 Å². The SMILES string of the molecule is O=C1CCC(Nc2ccc(N3CCN(C4CCC(C(=O)NC5CCC(Nc6ncc(F)c(-c7cccc(N8CCCCC8)c7)n6)CC5)CC4)CC3)c(F)c2)C(=O)N1. The first-order valence-electron chi connectivity index (χ1n) is 21.1. The third-order valence-corrected chi connectivity index (χ3v) is 12.8. The maximum atomic E-state index is 15.2. The molecule has 0 radical (unpaired) electrons. The summed E-state index contributed by atoms with van der Waals surface area (Å²) in [6, 6.07) is 13.1. The second kappa shape index (κ2) is 17.7. The molecule has 2 aliphatic carbocycles. The molecule has 1 unspecified atom stereocenters. The number of nitrogens with zero attached hydrogens (tertiary/aromatic N) is 5. The average Bonchev–Trinajstić information content (AvgIpc) is 3.24. The number of hydrogen-bond donors (Lipinski definition) is 4. The van der Waals surface area contributed by atoms with Gasteiger partial charge in [-0.3, -0.25) is 24.6 Å². The number of aromatic nitrogens is 2. The Morgan fingerprint density at radius 2 is 1.51 bits per heavy atom. The summed E-state index contributed by atoms with van der Waals surface area (Å²) in [4.78, 5) is 52.7. The van der Waals surface area contributed by atoms with Crippen molar-refractivity contribution in [3.8, 4) is 11.3 Å². The zero-order valence-corrected chi connectivity index (χ0v) is 32.7. The Bertz CT molecular complexity index is 1900. The van der Waals surface area contributed by atoms with Gasteiger partial charge in [-0.1, -0.05) is 12.1 Å². The van der Waals surface area contributed by atoms with E-state index in [4.69, 9.17) is 0 Å². The number of hydrogen-bond acceptors (Lipinski definition) is 10. The van der Waals surface area contributed by atoms with Crippen molar-refractivity contribution in [1.82, 2.24) is 25.5 Å². The largest absolute Gasteiger partial charge is 0.374 e. The molecule has 12 nitrogen and oxygen atoms in total. The lowest BCUT2D eigenvalue weighted by molar-refractivity contribution is -0.133. The molecule has 4 N–H and O–H groups in total. The van der Waals surface area contributed by atoms with Crippen LogP contribution in [0.25, 0.3) is 11.3 Å². The molecular formula is C43H55F2N9O3. The maximum absolute atomic E-state index is 15.2. The summed E-state index contributed by atoms with van der Waals surface area (Å²) >= 11 is 0. The topological polar surface area (TPSA) is 135 Å². The van der Waals surface area contributed by atoms with E-state index in [-0.39, 0.29) is 48.0 Å². The van der Waals surface area contributed by atoms with Gasteiger partial charge in [0.15, 0.2) is 5.82 Å². The minimum absolute atomic E-state index is 0.0271. The highest BCUT2D eigenvalue weighted by Crippen LogP contribution is 2.32. The standard InChI is InChI=1S/C43H55F2N9O3/c44-35-26-32(47-37-16-18-39(55)50-42(37)57)13-17-38(35)54-23-21-53(22-24-54)33-14-7-28(8-15-33)41(56)48-30-9-11-31(12-10-30)49-43-46-27-36(45)40(51-43)29-5-4-6-34(25-29)52-19-2-1-3-20-52/h4-6,13,17,25-28,30-31,33,37,47H,1-3,7-12,14-16,18-24H2,(H,48,56)(H,46,49,51)(H,50,55,57). The summed E-state index contributed by atoms with van der Waals surface area (Å²) in [5.74, 6) is -0.804. The van der Waals surface area contributed by atoms with Gasteiger partial charge in [0.1, 0.15) is 17.6 Å². The molecule has 5 aliphatic rings. The normalized spacial score (nSPS) is 26.1. The lowest BCUT2D eigenvalue weighted by Crippen LogP contribution is -2.52. The third kappa shape index (κ3) is 9.48. The minimum Gasteiger partial charge on any atom is -0.374 e. The van der Waals surface area contributed by atoms with Crippen molar-refractivity contribution in [3.05, 3.63) is 60.3 Å². The van der Waals surface area contributed by atoms with Gasteiger partial charge in [0.25, 0.3) is 0 Å². The van der Waals surface area contributed by atoms with Crippen LogP contribution in [0.15, 0.2) is 48.7 Å². The number of halogens is 2. The fourth-order valence-corrected chi connectivity index (χ4v) is 9.44. The van der Waals surface area contributed by atoms with Crippen LogP contribution < -0.4 is 31.1 Å². The van der Waals surface area contributed by atoms with Crippen molar-refractivity contribution in [3.63, 3.8) is 0 Å². The summed E-state index contributed by atoms with van der Waals surface area (Å²) in [5.41, 5.74) is 3.24. The van der Waals surface area contributed by atoms with Crippen molar-refractivity contribution >= 4 is 40.7 Å². The number of rotatable bonds is 10. The van der Waals surface area contributed by atoms with E-state index < -0.39 is 11.9 Å². The number of carbonyl (C=O) groups is 3. The molecular weight excluding hydrogens is 729 g/mol. The van der Waals surface area contributed by atoms with Crippen LogP contribution in [0.5, 0.6) is 0 Å². The van der Waals surface area contributed by atoms with Crippen molar-refractivity contribution in [1.29, 1.82) is 0 Å². The molecule has 1 aromatic heterocycles. The van der Waals surface area contributed by atoms with E-state index in [1.807, 2.05) is 18.2 Å². The van der Waals surface area contributed by atoms with Gasteiger partial charge in [0.05, 0.1) is 11.9 Å². The number of nitrogens with one attached hydrogen (secondary N) is 4. The first-order valence-corrected chi connectivity index (χ1v) is 21.1. The first-order chi connectivity index (χ1) is 27.8. The molecule has 5 fully saturated rings. The second-order valence-electron chi connectivity index (χ2n) is 16.5. The monoisotopic (exact) mass is 783 g/mol. The van der Waals surface area contributed by atoms with Crippen molar-refractivity contribution in [2.75, 3.05) is 59.7 Å². The molecule has 304 valence electrons. The molecule has 3 aromatic rings. The molecule has 0 spiro atoms. The maximum Gasteiger partial charge on any atom is 0.249 e. The average molecular weight is 784 g/mol. The van der Waals surface area contributed by atoms with Gasteiger partial charge >= 0.3 is 0 Å². The van der Waals surface area contributed by atoms with Crippen molar-refractivity contribution in [2.45, 2.75) is 108 Å². The molecule has 0 bridgehead atoms. The van der Waals surface area contributed by atoms with Crippen LogP contribution in [0.1, 0.15) is 83.5 Å². The molecule has 14 heteroatoms. The molecule has 1 atom stereocenters. The van der Waals surface area contributed by atoms with Crippen LogP contribution in [-0.4, -0.2) is 96.0 Å². The van der Waals surface area contributed by atoms with Gasteiger partial charge in [-0.25, -0.2) is 18.7 Å². The van der Waals surface area contributed by atoms with Gasteiger partial charge in [-0.05, 0) is 107 Å². The van der Waals surface area contributed by atoms with Crippen LogP contribution in [0.2, 0.25) is 0 Å². The molecule has 3 saturated heterocycles. The number of carbonyl (C=O) groups excluding carboxylic acids is 3. The number of amides is 3. The van der Waals surface area contributed by atoms with E-state index in [9.17, 15) is 18.8 Å². The van der Waals surface area contributed by atoms with Gasteiger partial charge in [-0.15, -0.1) is 0 Å². The predicted molar refractivity (Wildman–Crippen MR) is 217 cm³/mol. The Labute approximate surface area is 333 Å². The predicted octanol–water partition coefficient (Wildman–Crippen LogP) is 5.85. The van der Waals surface area contributed by atoms with E-state index in [1.54, 1.807) is 12.1 Å². The summed E-state index contributed by atoms with van der Waals surface area (Å²) < 4.78 is 30.2. The fraction of sp³-hybridized carbons (Fsp3) is 0.558. The van der Waals surface area contributed by atoms with E-state index in [0.717, 1.165) is 102 Å². The Hall–Kier alpha value is -4.85. The Morgan fingerprint density at radius 3 is 2.25 bits per heavy atom. The molecule has 57 heavy (non-hydrogen) atoms. The van der Waals surface area contributed by atoms with Gasteiger partial charge in [-0.2, -0.15) is 0 Å². The Kier molecular flexibility index (Phi) is 12.1. The van der Waals surface area contributed by atoms with Crippen molar-refractivity contribution < 1.29 is 23.2 Å². The van der Waals surface area contributed by atoms with Crippen molar-refractivity contribution in [2.24, 2.45) is 5.92 Å². The Balaban J connectivity index is 0.750. The van der Waals surface area contributed by atoms with Crippen LogP contribution in [-0.2, 0) is 14.4 Å². The Morgan fingerprint density at radius 1 is 0.754 bits per heavy atom. The van der Waals surface area contributed by atoms with Crippen LogP contribution in [0, 0.1) is 17.6 Å². The molecule has 8 rings (SSSR count). The first kappa shape index (κ1) is 39.0. The van der Waals surface area contributed by atoms with Gasteiger partial charge in [0, 0.05) is 86.7 Å². The number of imide groups is 1. The minimum atomic E-state index is -0.556. The third-order valence-electron chi connectivity index (χ3n) is 12.8. The molecule has 4 heterocycles. The fourth-order valence-electron chi connectivity index (χ4n) is 9.44. The van der Waals surface area contributed by atoms with Gasteiger partial charge in [0.2, 0.25) is 23.7 Å². The molecule has 3 aliphatic heterocycles. The van der Waals surface area contributed by atoms with E-state index in [1.165, 1.54) is 31.5 Å². The lowest BCUT2D eigenvalue weighted by Gasteiger charge is -2.42. The number of piperazine rings is 1. The van der Waals surface area contributed by atoms with Crippen LogP contribution in [0.4, 0.5) is 31.8 Å². The summed E-state index contributed by atoms with van der Waals surface area (Å²) in [6.45, 7) is 5.15. The molecule has 2 aromatic carbocycles. The smallest absolute Gasteiger partial charge is 0.249 e. The highest BCUT2D eigenvalue weighted by Gasteiger charge is 2.33. The summed E-state index contributed by atoms with van der Waals surface area (Å²) in [6.07, 6.45) is 12.7. The second-order valence-corrected chi connectivity index (χ2v) is 16.5. The highest BCUT2D eigenvalue weighted by molar-refractivity contribution is 6.01. The number of benzene rings is 2. The molecule has 2 saturated carbocycles. The number of anilines is 4. The summed E-state index contributed by atoms with van der Waals surface area (Å²) in [5, 5.41) is 12.2. The summed E-state index contributed by atoms with van der Waals surface area (Å²) in [7, 11) is 0.